The molecule has 0 saturated carbocycles. The maximum Gasteiger partial charge on any atom is 0.410 e. The van der Waals surface area contributed by atoms with Crippen LogP contribution in [-0.2, 0) is 11.3 Å². The topological polar surface area (TPSA) is 73.9 Å². The Labute approximate surface area is 241 Å². The Balaban J connectivity index is 1.74. The number of piperazine rings is 1. The zero-order chi connectivity index (χ0) is 28.8. The van der Waals surface area contributed by atoms with E-state index in [9.17, 15) is 14.0 Å². The molecule has 3 amide bonds. The van der Waals surface area contributed by atoms with Crippen molar-refractivity contribution in [1.29, 1.82) is 0 Å². The minimum Gasteiger partial charge on any atom is -0.444 e. The number of hydrogen-bond acceptors (Lipinski definition) is 4. The number of hydrogen-bond donors (Lipinski definition) is 2. The average molecular weight is 589 g/mol. The predicted molar refractivity (Wildman–Crippen MR) is 151 cm³/mol. The van der Waals surface area contributed by atoms with Crippen LogP contribution < -0.4 is 15.5 Å². The lowest BCUT2D eigenvalue weighted by Crippen LogP contribution is -2.50. The molecule has 0 bridgehead atoms. The smallest absolute Gasteiger partial charge is 0.410 e. The first-order valence-corrected chi connectivity index (χ1v) is 13.5. The largest absolute Gasteiger partial charge is 0.444 e. The summed E-state index contributed by atoms with van der Waals surface area (Å²) in [4.78, 5) is 29.5. The summed E-state index contributed by atoms with van der Waals surface area (Å²) in [5.41, 5.74) is 1.76. The quantitative estimate of drug-likeness (QED) is 0.340. The summed E-state index contributed by atoms with van der Waals surface area (Å²) in [5, 5.41) is 6.59. The number of nitrogens with one attached hydrogen (secondary N) is 2. The Bertz CT molecular complexity index is 1470. The number of urea groups is 1. The molecule has 2 aliphatic heterocycles. The van der Waals surface area contributed by atoms with Gasteiger partial charge in [0.05, 0.1) is 27.5 Å². The van der Waals surface area contributed by atoms with Crippen molar-refractivity contribution < 1.29 is 23.1 Å². The van der Waals surface area contributed by atoms with Gasteiger partial charge in [0, 0.05) is 43.4 Å². The fourth-order valence-electron chi connectivity index (χ4n) is 5.02. The third-order valence-corrected chi connectivity index (χ3v) is 7.36. The lowest BCUT2D eigenvalue weighted by atomic mass is 9.90. The molecule has 2 N–H and O–H groups in total. The van der Waals surface area contributed by atoms with Gasteiger partial charge < -0.3 is 15.4 Å². The summed E-state index contributed by atoms with van der Waals surface area (Å²) in [6.45, 7) is 6.78. The van der Waals surface area contributed by atoms with Crippen molar-refractivity contribution in [3.8, 4) is 11.1 Å². The summed E-state index contributed by atoms with van der Waals surface area (Å²) >= 11 is 13.0. The molecule has 0 aliphatic carbocycles. The lowest BCUT2D eigenvalue weighted by Gasteiger charge is -2.39. The Morgan fingerprint density at radius 2 is 1.77 bits per heavy atom. The van der Waals surface area contributed by atoms with Gasteiger partial charge in [0.2, 0.25) is 0 Å². The van der Waals surface area contributed by atoms with Crippen LogP contribution in [0.3, 0.4) is 0 Å². The maximum atomic E-state index is 15.2. The number of halogens is 4. The molecule has 40 heavy (non-hydrogen) atoms. The van der Waals surface area contributed by atoms with E-state index in [-0.39, 0.29) is 27.8 Å². The molecular weight excluding hydrogens is 561 g/mol. The molecular formula is C29H28Cl2F2N4O3. The molecule has 2 aliphatic rings. The molecule has 210 valence electrons. The van der Waals surface area contributed by atoms with E-state index in [2.05, 4.69) is 10.6 Å². The van der Waals surface area contributed by atoms with Crippen molar-refractivity contribution in [2.75, 3.05) is 24.5 Å². The number of para-hydroxylation sites is 1. The molecule has 2 heterocycles. The second-order valence-corrected chi connectivity index (χ2v) is 11.5. The Hall–Kier alpha value is -3.40. The van der Waals surface area contributed by atoms with Crippen LogP contribution in [-0.4, -0.2) is 42.3 Å². The first kappa shape index (κ1) is 28.1. The van der Waals surface area contributed by atoms with Gasteiger partial charge in [-0.3, -0.25) is 9.80 Å². The number of amides is 3. The van der Waals surface area contributed by atoms with Crippen LogP contribution >= 0.6 is 23.2 Å². The first-order valence-electron chi connectivity index (χ1n) is 12.8. The average Bonchev–Trinajstić information content (AvgIpc) is 2.88. The van der Waals surface area contributed by atoms with E-state index in [1.165, 1.54) is 17.0 Å². The number of anilines is 2. The highest BCUT2D eigenvalue weighted by molar-refractivity contribution is 6.40. The van der Waals surface area contributed by atoms with E-state index in [4.69, 9.17) is 27.9 Å². The zero-order valence-electron chi connectivity index (χ0n) is 22.2. The molecule has 7 nitrogen and oxygen atoms in total. The van der Waals surface area contributed by atoms with E-state index in [1.807, 2.05) is 0 Å². The van der Waals surface area contributed by atoms with Gasteiger partial charge in [-0.1, -0.05) is 29.3 Å². The minimum absolute atomic E-state index is 0.0812. The van der Waals surface area contributed by atoms with Crippen molar-refractivity contribution in [2.45, 2.75) is 39.0 Å². The van der Waals surface area contributed by atoms with Gasteiger partial charge in [-0.05, 0) is 68.3 Å². The highest BCUT2D eigenvalue weighted by atomic mass is 35.5. The maximum absolute atomic E-state index is 15.2. The van der Waals surface area contributed by atoms with E-state index in [1.54, 1.807) is 56.0 Å². The van der Waals surface area contributed by atoms with Gasteiger partial charge in [0.15, 0.2) is 0 Å². The zero-order valence-corrected chi connectivity index (χ0v) is 23.7. The number of carbonyl (C=O) groups is 2. The molecule has 1 unspecified atom stereocenters. The highest BCUT2D eigenvalue weighted by Crippen LogP contribution is 2.45. The van der Waals surface area contributed by atoms with Crippen LogP contribution in [0.25, 0.3) is 11.1 Å². The Morgan fingerprint density at radius 1 is 1.05 bits per heavy atom. The number of rotatable bonds is 3. The van der Waals surface area contributed by atoms with Crippen molar-refractivity contribution in [1.82, 2.24) is 15.5 Å². The summed E-state index contributed by atoms with van der Waals surface area (Å²) < 4.78 is 34.8. The van der Waals surface area contributed by atoms with Crippen LogP contribution in [0, 0.1) is 11.6 Å². The normalized spacial score (nSPS) is 17.4. The van der Waals surface area contributed by atoms with Gasteiger partial charge in [-0.25, -0.2) is 18.4 Å². The second kappa shape index (κ2) is 10.9. The molecule has 11 heteroatoms. The molecule has 5 rings (SSSR count). The summed E-state index contributed by atoms with van der Waals surface area (Å²) in [6, 6.07) is 10.8. The van der Waals surface area contributed by atoms with Crippen LogP contribution in [0.4, 0.5) is 29.7 Å². The SMILES string of the molecule is CC(C)(C)OC(=O)N1CCNCC1c1cc(-c2ccc(F)cc2F)c2c(c1)N(c1c(Cl)cccc1Cl)C(=O)NC2. The molecule has 1 saturated heterocycles. The number of fused-ring (bicyclic) bond motifs is 1. The van der Waals surface area contributed by atoms with Gasteiger partial charge in [0.1, 0.15) is 17.2 Å². The van der Waals surface area contributed by atoms with Crippen molar-refractivity contribution in [2.24, 2.45) is 0 Å². The fourth-order valence-corrected chi connectivity index (χ4v) is 5.59. The van der Waals surface area contributed by atoms with Crippen molar-refractivity contribution >= 4 is 46.7 Å². The minimum atomic E-state index is -0.760. The van der Waals surface area contributed by atoms with Gasteiger partial charge >= 0.3 is 12.1 Å². The van der Waals surface area contributed by atoms with Gasteiger partial charge in [0.25, 0.3) is 0 Å². The molecule has 0 aromatic heterocycles. The standard InChI is InChI=1S/C29H28Cl2F2N4O3/c1-29(2,3)40-28(39)36-10-9-34-15-25(36)16-11-19(18-8-7-17(32)13-23(18)33)20-14-35-27(38)37(24(20)12-16)26-21(30)5-4-6-22(26)31/h4-8,11-13,25,34H,9-10,14-15H2,1-3H3,(H,35,38). The second-order valence-electron chi connectivity index (χ2n) is 10.6. The molecule has 3 aromatic rings. The van der Waals surface area contributed by atoms with Crippen LogP contribution in [0.15, 0.2) is 48.5 Å². The van der Waals surface area contributed by atoms with Crippen molar-refractivity contribution in [3.63, 3.8) is 0 Å². The lowest BCUT2D eigenvalue weighted by molar-refractivity contribution is 0.0118. The van der Waals surface area contributed by atoms with Gasteiger partial charge in [-0.2, -0.15) is 0 Å². The summed E-state index contributed by atoms with van der Waals surface area (Å²) in [6.07, 6.45) is -0.491. The molecule has 0 spiro atoms. The molecule has 0 radical (unpaired) electrons. The van der Waals surface area contributed by atoms with Gasteiger partial charge in [-0.15, -0.1) is 0 Å². The first-order chi connectivity index (χ1) is 18.9. The third kappa shape index (κ3) is 5.46. The van der Waals surface area contributed by atoms with Crippen LogP contribution in [0.5, 0.6) is 0 Å². The Morgan fingerprint density at radius 3 is 2.45 bits per heavy atom. The van der Waals surface area contributed by atoms with E-state index >= 15 is 4.39 Å². The molecule has 1 fully saturated rings. The summed E-state index contributed by atoms with van der Waals surface area (Å²) in [5.74, 6) is -1.47. The number of ether oxygens (including phenoxy) is 1. The third-order valence-electron chi connectivity index (χ3n) is 6.75. The Kier molecular flexibility index (Phi) is 7.65. The number of carbonyl (C=O) groups excluding carboxylic acids is 2. The van der Waals surface area contributed by atoms with E-state index < -0.39 is 35.4 Å². The number of nitrogens with zero attached hydrogens (tertiary/aromatic N) is 2. The number of benzene rings is 3. The molecule has 3 aromatic carbocycles. The highest BCUT2D eigenvalue weighted by Gasteiger charge is 2.36. The van der Waals surface area contributed by atoms with Crippen LogP contribution in [0.1, 0.15) is 37.9 Å². The predicted octanol–water partition coefficient (Wildman–Crippen LogP) is 7.18. The fraction of sp³-hybridized carbons (Fsp3) is 0.310. The van der Waals surface area contributed by atoms with E-state index in [0.717, 1.165) is 6.07 Å². The van der Waals surface area contributed by atoms with Crippen molar-refractivity contribution in [3.05, 3.63) is 81.3 Å². The molecule has 1 atom stereocenters. The summed E-state index contributed by atoms with van der Waals surface area (Å²) in [7, 11) is 0. The monoisotopic (exact) mass is 588 g/mol. The van der Waals surface area contributed by atoms with E-state index in [0.29, 0.717) is 42.0 Å². The van der Waals surface area contributed by atoms with Crippen LogP contribution in [0.2, 0.25) is 10.0 Å².